The van der Waals surface area contributed by atoms with Crippen molar-refractivity contribution < 1.29 is 4.74 Å². The lowest BCUT2D eigenvalue weighted by Crippen LogP contribution is -2.47. The normalized spacial score (nSPS) is 21.1. The molecule has 0 aromatic heterocycles. The summed E-state index contributed by atoms with van der Waals surface area (Å²) in [7, 11) is 0. The number of benzene rings is 1. The van der Waals surface area contributed by atoms with Gasteiger partial charge in [0, 0.05) is 45.4 Å². The van der Waals surface area contributed by atoms with E-state index in [4.69, 9.17) is 4.74 Å². The molecule has 2 aliphatic rings. The molecule has 2 saturated heterocycles. The Hall–Kier alpha value is -0.320. The van der Waals surface area contributed by atoms with Gasteiger partial charge in [-0.2, -0.15) is 0 Å². The predicted octanol–water partition coefficient (Wildman–Crippen LogP) is 3.52. The predicted molar refractivity (Wildman–Crippen MR) is 101 cm³/mol. The topological polar surface area (TPSA) is 24.5 Å². The van der Waals surface area contributed by atoms with E-state index in [9.17, 15) is 0 Å². The molecule has 1 atom stereocenters. The van der Waals surface area contributed by atoms with Crippen molar-refractivity contribution >= 4 is 24.8 Å². The molecule has 0 bridgehead atoms. The molecule has 0 spiro atoms. The second-order valence-corrected chi connectivity index (χ2v) is 6.47. The van der Waals surface area contributed by atoms with Crippen molar-refractivity contribution in [3.63, 3.8) is 0 Å². The van der Waals surface area contributed by atoms with Crippen LogP contribution in [0.5, 0.6) is 0 Å². The van der Waals surface area contributed by atoms with Gasteiger partial charge in [0.25, 0.3) is 0 Å². The Morgan fingerprint density at radius 3 is 2.39 bits per heavy atom. The Kier molecular flexibility index (Phi) is 8.88. The van der Waals surface area contributed by atoms with Crippen molar-refractivity contribution in [3.05, 3.63) is 34.9 Å². The SMILES string of the molecule is Cc1cccc([C@@H](C2CCOCC2)N2CCNCC2)c1C.Cl.Cl. The van der Waals surface area contributed by atoms with Crippen LogP contribution in [0.2, 0.25) is 0 Å². The largest absolute Gasteiger partial charge is 0.381 e. The van der Waals surface area contributed by atoms with E-state index in [1.807, 2.05) is 0 Å². The van der Waals surface area contributed by atoms with Crippen molar-refractivity contribution in [2.45, 2.75) is 32.7 Å². The highest BCUT2D eigenvalue weighted by Crippen LogP contribution is 2.37. The van der Waals surface area contributed by atoms with Crippen LogP contribution in [0, 0.1) is 19.8 Å². The summed E-state index contributed by atoms with van der Waals surface area (Å²) in [6.07, 6.45) is 2.39. The number of hydrogen-bond acceptors (Lipinski definition) is 3. The first-order valence-electron chi connectivity index (χ1n) is 8.36. The van der Waals surface area contributed by atoms with Crippen molar-refractivity contribution in [1.29, 1.82) is 0 Å². The van der Waals surface area contributed by atoms with Crippen LogP contribution >= 0.6 is 24.8 Å². The van der Waals surface area contributed by atoms with Crippen molar-refractivity contribution in [2.75, 3.05) is 39.4 Å². The zero-order valence-electron chi connectivity index (χ0n) is 14.2. The monoisotopic (exact) mass is 360 g/mol. The lowest BCUT2D eigenvalue weighted by Gasteiger charge is -2.42. The van der Waals surface area contributed by atoms with Gasteiger partial charge >= 0.3 is 0 Å². The maximum absolute atomic E-state index is 5.60. The van der Waals surface area contributed by atoms with E-state index in [-0.39, 0.29) is 24.8 Å². The molecule has 132 valence electrons. The summed E-state index contributed by atoms with van der Waals surface area (Å²) in [4.78, 5) is 2.70. The molecule has 2 fully saturated rings. The summed E-state index contributed by atoms with van der Waals surface area (Å²) >= 11 is 0. The number of nitrogens with one attached hydrogen (secondary N) is 1. The van der Waals surface area contributed by atoms with Crippen molar-refractivity contribution in [2.24, 2.45) is 5.92 Å². The summed E-state index contributed by atoms with van der Waals surface area (Å²) in [6, 6.07) is 7.38. The van der Waals surface area contributed by atoms with E-state index in [2.05, 4.69) is 42.3 Å². The van der Waals surface area contributed by atoms with E-state index < -0.39 is 0 Å². The van der Waals surface area contributed by atoms with Crippen molar-refractivity contribution in [1.82, 2.24) is 10.2 Å². The molecule has 2 aliphatic heterocycles. The molecule has 0 amide bonds. The van der Waals surface area contributed by atoms with Crippen LogP contribution in [-0.4, -0.2) is 44.3 Å². The minimum Gasteiger partial charge on any atom is -0.381 e. The van der Waals surface area contributed by atoms with Crippen LogP contribution in [-0.2, 0) is 4.74 Å². The third-order valence-electron chi connectivity index (χ3n) is 5.22. The van der Waals surface area contributed by atoms with E-state index in [1.165, 1.54) is 24.0 Å². The van der Waals surface area contributed by atoms with Gasteiger partial charge in [-0.1, -0.05) is 18.2 Å². The lowest BCUT2D eigenvalue weighted by atomic mass is 9.83. The smallest absolute Gasteiger partial charge is 0.0469 e. The van der Waals surface area contributed by atoms with Gasteiger partial charge in [0.05, 0.1) is 0 Å². The highest BCUT2D eigenvalue weighted by atomic mass is 35.5. The molecule has 0 saturated carbocycles. The summed E-state index contributed by atoms with van der Waals surface area (Å²) in [5, 5.41) is 3.48. The van der Waals surface area contributed by atoms with Crippen LogP contribution < -0.4 is 5.32 Å². The molecule has 2 heterocycles. The average molecular weight is 361 g/mol. The van der Waals surface area contributed by atoms with Gasteiger partial charge in [0.1, 0.15) is 0 Å². The van der Waals surface area contributed by atoms with Gasteiger partial charge in [-0.15, -0.1) is 24.8 Å². The number of aryl methyl sites for hydroxylation is 1. The Labute approximate surface area is 153 Å². The van der Waals surface area contributed by atoms with Crippen LogP contribution in [0.25, 0.3) is 0 Å². The first-order chi connectivity index (χ1) is 10.3. The average Bonchev–Trinajstić information content (AvgIpc) is 2.54. The van der Waals surface area contributed by atoms with Gasteiger partial charge in [-0.05, 0) is 49.3 Å². The number of halogens is 2. The van der Waals surface area contributed by atoms with Gasteiger partial charge in [-0.25, -0.2) is 0 Å². The van der Waals surface area contributed by atoms with Gasteiger partial charge in [-0.3, -0.25) is 4.90 Å². The molecule has 0 unspecified atom stereocenters. The third-order valence-corrected chi connectivity index (χ3v) is 5.22. The number of ether oxygens (including phenoxy) is 1. The Morgan fingerprint density at radius 1 is 1.09 bits per heavy atom. The second-order valence-electron chi connectivity index (χ2n) is 6.47. The standard InChI is InChI=1S/C18H28N2O.2ClH/c1-14-4-3-5-17(15(14)2)18(16-6-12-21-13-7-16)20-10-8-19-9-11-20;;/h3-5,16,18-19H,6-13H2,1-2H3;2*1H/t18-;;/m1../s1. The quantitative estimate of drug-likeness (QED) is 0.892. The molecule has 23 heavy (non-hydrogen) atoms. The Morgan fingerprint density at radius 2 is 1.74 bits per heavy atom. The first-order valence-corrected chi connectivity index (χ1v) is 8.36. The maximum Gasteiger partial charge on any atom is 0.0469 e. The number of piperazine rings is 1. The fourth-order valence-corrected chi connectivity index (χ4v) is 3.83. The molecule has 3 nitrogen and oxygen atoms in total. The van der Waals surface area contributed by atoms with Gasteiger partial charge in [0.15, 0.2) is 0 Å². The number of hydrogen-bond donors (Lipinski definition) is 1. The Balaban J connectivity index is 0.00000132. The van der Waals surface area contributed by atoms with Crippen molar-refractivity contribution in [3.8, 4) is 0 Å². The zero-order chi connectivity index (χ0) is 14.7. The molecule has 0 aliphatic carbocycles. The lowest BCUT2D eigenvalue weighted by molar-refractivity contribution is 0.0211. The molecule has 5 heteroatoms. The summed E-state index contributed by atoms with van der Waals surface area (Å²) in [6.45, 7) is 10.9. The fourth-order valence-electron chi connectivity index (χ4n) is 3.83. The first kappa shape index (κ1) is 20.7. The van der Waals surface area contributed by atoms with Crippen LogP contribution in [0.1, 0.15) is 35.6 Å². The highest BCUT2D eigenvalue weighted by Gasteiger charge is 2.32. The Bertz CT molecular complexity index is 454. The van der Waals surface area contributed by atoms with E-state index in [1.54, 1.807) is 5.56 Å². The molecular formula is C18H30Cl2N2O. The molecule has 1 aromatic carbocycles. The molecule has 0 radical (unpaired) electrons. The summed E-state index contributed by atoms with van der Waals surface area (Å²) in [5.74, 6) is 0.734. The van der Waals surface area contributed by atoms with Crippen LogP contribution in [0.4, 0.5) is 0 Å². The van der Waals surface area contributed by atoms with Gasteiger partial charge in [0.2, 0.25) is 0 Å². The van der Waals surface area contributed by atoms with Gasteiger partial charge < -0.3 is 10.1 Å². The number of rotatable bonds is 3. The van der Waals surface area contributed by atoms with Crippen LogP contribution in [0.15, 0.2) is 18.2 Å². The minimum absolute atomic E-state index is 0. The summed E-state index contributed by atoms with van der Waals surface area (Å²) < 4.78 is 5.60. The van der Waals surface area contributed by atoms with E-state index in [0.717, 1.165) is 45.3 Å². The molecular weight excluding hydrogens is 331 g/mol. The summed E-state index contributed by atoms with van der Waals surface area (Å²) in [5.41, 5.74) is 4.44. The second kappa shape index (κ2) is 9.85. The third kappa shape index (κ3) is 4.83. The zero-order valence-corrected chi connectivity index (χ0v) is 15.8. The molecule has 3 rings (SSSR count). The number of nitrogens with zero attached hydrogens (tertiary/aromatic N) is 1. The fraction of sp³-hybridized carbons (Fsp3) is 0.667. The van der Waals surface area contributed by atoms with E-state index >= 15 is 0 Å². The van der Waals surface area contributed by atoms with E-state index in [0.29, 0.717) is 6.04 Å². The maximum atomic E-state index is 5.60. The highest BCUT2D eigenvalue weighted by molar-refractivity contribution is 5.85. The molecule has 1 aromatic rings. The van der Waals surface area contributed by atoms with Crippen LogP contribution in [0.3, 0.4) is 0 Å². The molecule has 1 N–H and O–H groups in total. The minimum atomic E-state index is 0.